The van der Waals surface area contributed by atoms with E-state index in [1.54, 1.807) is 52.0 Å². The second kappa shape index (κ2) is 17.3. The molecule has 13 nitrogen and oxygen atoms in total. The minimum absolute atomic E-state index is 0.117. The molecule has 270 valence electrons. The number of aromatic nitrogens is 2. The molecule has 0 radical (unpaired) electrons. The number of hydrogen-bond acceptors (Lipinski definition) is 9. The van der Waals surface area contributed by atoms with Gasteiger partial charge in [-0.2, -0.15) is 0 Å². The van der Waals surface area contributed by atoms with Crippen LogP contribution in [0.5, 0.6) is 11.5 Å². The Morgan fingerprint density at radius 3 is 2.10 bits per heavy atom. The summed E-state index contributed by atoms with van der Waals surface area (Å²) in [6.45, 7) is 9.96. The van der Waals surface area contributed by atoms with Crippen LogP contribution < -0.4 is 20.7 Å². The summed E-state index contributed by atoms with van der Waals surface area (Å²) in [7, 11) is 0. The van der Waals surface area contributed by atoms with Crippen molar-refractivity contribution in [1.82, 2.24) is 20.2 Å². The fourth-order valence-electron chi connectivity index (χ4n) is 4.76. The van der Waals surface area contributed by atoms with E-state index in [4.69, 9.17) is 18.9 Å². The lowest BCUT2D eigenvalue weighted by atomic mass is 10.0. The molecule has 3 amide bonds. The molecule has 0 fully saturated rings. The average Bonchev–Trinajstić information content (AvgIpc) is 3.52. The molecule has 4 aromatic rings. The minimum Gasteiger partial charge on any atom is -0.464 e. The maximum Gasteiger partial charge on any atom is 0.408 e. The number of rotatable bonds is 15. The lowest BCUT2D eigenvalue weighted by Crippen LogP contribution is -2.59. The zero-order valence-electron chi connectivity index (χ0n) is 29.7. The van der Waals surface area contributed by atoms with Crippen molar-refractivity contribution in [2.24, 2.45) is 0 Å². The van der Waals surface area contributed by atoms with Crippen LogP contribution in [-0.4, -0.2) is 63.8 Å². The van der Waals surface area contributed by atoms with Gasteiger partial charge in [-0.05, 0) is 76.9 Å². The maximum atomic E-state index is 13.6. The summed E-state index contributed by atoms with van der Waals surface area (Å²) in [6, 6.07) is 23.5. The number of esters is 1. The van der Waals surface area contributed by atoms with E-state index in [1.807, 2.05) is 60.7 Å². The number of amides is 3. The first-order valence-corrected chi connectivity index (χ1v) is 16.5. The van der Waals surface area contributed by atoms with E-state index in [2.05, 4.69) is 20.9 Å². The highest BCUT2D eigenvalue weighted by Crippen LogP contribution is 2.27. The number of carbonyl (C=O) groups excluding carboxylic acids is 4. The molecule has 1 aromatic heterocycles. The zero-order valence-corrected chi connectivity index (χ0v) is 29.7. The average molecular weight is 700 g/mol. The second-order valence-corrected chi connectivity index (χ2v) is 13.1. The molecule has 3 aromatic carbocycles. The van der Waals surface area contributed by atoms with E-state index in [0.717, 1.165) is 5.56 Å². The van der Waals surface area contributed by atoms with Crippen LogP contribution in [0.1, 0.15) is 58.7 Å². The molecule has 0 saturated heterocycles. The molecular formula is C38H45N5O8. The third-order valence-electron chi connectivity index (χ3n) is 7.23. The molecule has 51 heavy (non-hydrogen) atoms. The number of carbonyl (C=O) groups is 4. The lowest BCUT2D eigenvalue weighted by molar-refractivity contribution is -0.145. The molecule has 0 saturated carbocycles. The second-order valence-electron chi connectivity index (χ2n) is 13.1. The Morgan fingerprint density at radius 1 is 0.843 bits per heavy atom. The van der Waals surface area contributed by atoms with Gasteiger partial charge in [0.05, 0.1) is 26.1 Å². The van der Waals surface area contributed by atoms with Crippen LogP contribution in [0.2, 0.25) is 0 Å². The normalized spacial score (nSPS) is 12.6. The third-order valence-corrected chi connectivity index (χ3v) is 7.23. The van der Waals surface area contributed by atoms with E-state index in [9.17, 15) is 19.2 Å². The van der Waals surface area contributed by atoms with Gasteiger partial charge in [-0.3, -0.25) is 9.59 Å². The van der Waals surface area contributed by atoms with Gasteiger partial charge in [0, 0.05) is 6.20 Å². The van der Waals surface area contributed by atoms with E-state index in [1.165, 1.54) is 30.9 Å². The number of alkyl carbamates (subject to hydrolysis) is 1. The molecule has 0 aliphatic heterocycles. The summed E-state index contributed by atoms with van der Waals surface area (Å²) in [4.78, 5) is 56.9. The Bertz CT molecular complexity index is 1750. The molecule has 2 atom stereocenters. The first kappa shape index (κ1) is 38.1. The number of hydrogen-bond donors (Lipinski definition) is 3. The Balaban J connectivity index is 1.50. The number of anilines is 1. The molecule has 0 aliphatic rings. The van der Waals surface area contributed by atoms with Crippen LogP contribution >= 0.6 is 0 Å². The topological polar surface area (TPSA) is 159 Å². The van der Waals surface area contributed by atoms with Crippen molar-refractivity contribution in [2.45, 2.75) is 71.4 Å². The van der Waals surface area contributed by atoms with E-state index in [0.29, 0.717) is 17.1 Å². The van der Waals surface area contributed by atoms with Crippen LogP contribution in [0.4, 0.5) is 10.6 Å². The van der Waals surface area contributed by atoms with Crippen molar-refractivity contribution in [3.63, 3.8) is 0 Å². The van der Waals surface area contributed by atoms with Gasteiger partial charge in [0.1, 0.15) is 28.7 Å². The SMILES string of the molecule is CCOC(=O)C(c1ccc(Oc2ccccc2)cc1)n1cnc(NC(=O)C(COCc2ccccc2)NC(=O)C(C)(C)NC(=O)OC(C)(C)C)c1. The molecule has 3 N–H and O–H groups in total. The first-order valence-electron chi connectivity index (χ1n) is 16.5. The van der Waals surface area contributed by atoms with Crippen molar-refractivity contribution >= 4 is 29.7 Å². The highest BCUT2D eigenvalue weighted by Gasteiger charge is 2.35. The Morgan fingerprint density at radius 2 is 1.47 bits per heavy atom. The van der Waals surface area contributed by atoms with Crippen molar-refractivity contribution in [2.75, 3.05) is 18.5 Å². The van der Waals surface area contributed by atoms with Crippen molar-refractivity contribution in [3.05, 3.63) is 109 Å². The number of nitrogens with one attached hydrogen (secondary N) is 3. The molecule has 1 heterocycles. The minimum atomic E-state index is -1.45. The molecule has 13 heteroatoms. The molecule has 2 unspecified atom stereocenters. The van der Waals surface area contributed by atoms with E-state index >= 15 is 0 Å². The largest absolute Gasteiger partial charge is 0.464 e. The highest BCUT2D eigenvalue weighted by atomic mass is 16.6. The van der Waals surface area contributed by atoms with Gasteiger partial charge in [-0.1, -0.05) is 60.7 Å². The zero-order chi connectivity index (χ0) is 37.0. The van der Waals surface area contributed by atoms with Gasteiger partial charge in [-0.15, -0.1) is 0 Å². The van der Waals surface area contributed by atoms with E-state index in [-0.39, 0.29) is 25.6 Å². The smallest absolute Gasteiger partial charge is 0.408 e. The first-order chi connectivity index (χ1) is 24.2. The van der Waals surface area contributed by atoms with Gasteiger partial charge in [0.2, 0.25) is 5.91 Å². The molecular weight excluding hydrogens is 654 g/mol. The van der Waals surface area contributed by atoms with Gasteiger partial charge in [-0.25, -0.2) is 14.6 Å². The monoisotopic (exact) mass is 699 g/mol. The van der Waals surface area contributed by atoms with Crippen molar-refractivity contribution < 1.29 is 38.1 Å². The standard InChI is InChI=1S/C38H45N5O8/c1-7-49-34(45)32(27-18-20-29(21-19-27)50-28-16-12-9-13-17-28)43-22-31(39-25-43)41-33(44)30(24-48-23-26-14-10-8-11-15-26)40-35(46)38(5,6)42-36(47)51-37(2,3)4/h8-22,25,30,32H,7,23-24H2,1-6H3,(H,40,46)(H,41,44)(H,42,47). The van der Waals surface area contributed by atoms with Crippen LogP contribution in [0.25, 0.3) is 0 Å². The molecule has 0 aliphatic carbocycles. The van der Waals surface area contributed by atoms with Gasteiger partial charge in [0.25, 0.3) is 5.91 Å². The highest BCUT2D eigenvalue weighted by molar-refractivity contribution is 5.98. The molecule has 0 bridgehead atoms. The summed E-state index contributed by atoms with van der Waals surface area (Å²) in [5.74, 6) is -0.437. The number of imidazole rings is 1. The predicted octanol–water partition coefficient (Wildman–Crippen LogP) is 5.77. The summed E-state index contributed by atoms with van der Waals surface area (Å²) in [5, 5.41) is 7.92. The molecule has 4 rings (SSSR count). The van der Waals surface area contributed by atoms with Crippen LogP contribution in [0.3, 0.4) is 0 Å². The fourth-order valence-corrected chi connectivity index (χ4v) is 4.76. The quantitative estimate of drug-likeness (QED) is 0.131. The van der Waals surface area contributed by atoms with Gasteiger partial charge < -0.3 is 39.5 Å². The maximum absolute atomic E-state index is 13.6. The lowest BCUT2D eigenvalue weighted by Gasteiger charge is -2.29. The third kappa shape index (κ3) is 11.7. The van der Waals surface area contributed by atoms with E-state index < -0.39 is 47.1 Å². The van der Waals surface area contributed by atoms with Crippen LogP contribution in [0.15, 0.2) is 97.5 Å². The number of benzene rings is 3. The number of nitrogens with zero attached hydrogens (tertiary/aromatic N) is 2. The Hall–Kier alpha value is -5.69. The summed E-state index contributed by atoms with van der Waals surface area (Å²) in [5.41, 5.74) is -0.752. The molecule has 0 spiro atoms. The Kier molecular flexibility index (Phi) is 12.9. The van der Waals surface area contributed by atoms with Gasteiger partial charge in [0.15, 0.2) is 11.9 Å². The number of ether oxygens (including phenoxy) is 4. The summed E-state index contributed by atoms with van der Waals surface area (Å²) < 4.78 is 23.9. The summed E-state index contributed by atoms with van der Waals surface area (Å²) in [6.07, 6.45) is 2.11. The summed E-state index contributed by atoms with van der Waals surface area (Å²) >= 11 is 0. The van der Waals surface area contributed by atoms with Crippen molar-refractivity contribution in [3.8, 4) is 11.5 Å². The fraction of sp³-hybridized carbons (Fsp3) is 0.342. The van der Waals surface area contributed by atoms with Crippen LogP contribution in [0, 0.1) is 0 Å². The van der Waals surface area contributed by atoms with Gasteiger partial charge >= 0.3 is 12.1 Å². The predicted molar refractivity (Wildman–Crippen MR) is 190 cm³/mol. The van der Waals surface area contributed by atoms with Crippen molar-refractivity contribution in [1.29, 1.82) is 0 Å². The van der Waals surface area contributed by atoms with Crippen LogP contribution in [-0.2, 0) is 35.2 Å². The number of para-hydroxylation sites is 1. The Labute approximate surface area is 297 Å².